The van der Waals surface area contributed by atoms with Gasteiger partial charge in [0.1, 0.15) is 27.5 Å². The number of nitrogens with one attached hydrogen (secondary N) is 2. The number of benzene rings is 1. The van der Waals surface area contributed by atoms with Crippen LogP contribution < -0.4 is 15.5 Å². The van der Waals surface area contributed by atoms with Crippen LogP contribution in [0.3, 0.4) is 0 Å². The molecule has 0 saturated carbocycles. The molecule has 0 bridgehead atoms. The molecule has 0 spiro atoms. The molecule has 4 aromatic heterocycles. The first-order chi connectivity index (χ1) is 18.8. The lowest BCUT2D eigenvalue weighted by Crippen LogP contribution is -2.31. The predicted molar refractivity (Wildman–Crippen MR) is 153 cm³/mol. The highest BCUT2D eigenvalue weighted by Crippen LogP contribution is 2.32. The van der Waals surface area contributed by atoms with Crippen LogP contribution in [0.1, 0.15) is 40.1 Å². The molecule has 1 atom stereocenters. The van der Waals surface area contributed by atoms with Crippen LogP contribution in [-0.2, 0) is 17.1 Å². The smallest absolute Gasteiger partial charge is 0.285 e. The number of hydrogen-bond acceptors (Lipinski definition) is 9. The fourth-order valence-electron chi connectivity index (χ4n) is 4.54. The number of rotatable bonds is 6. The lowest BCUT2D eigenvalue weighted by molar-refractivity contribution is 0.0977. The van der Waals surface area contributed by atoms with Crippen LogP contribution in [-0.4, -0.2) is 40.3 Å². The second kappa shape index (κ2) is 10.0. The van der Waals surface area contributed by atoms with Gasteiger partial charge in [0.15, 0.2) is 16.9 Å². The number of sulfonamides is 1. The Hall–Kier alpha value is -4.29. The van der Waals surface area contributed by atoms with E-state index in [1.165, 1.54) is 12.1 Å². The molecule has 0 unspecified atom stereocenters. The Morgan fingerprint density at radius 2 is 1.85 bits per heavy atom. The summed E-state index contributed by atoms with van der Waals surface area (Å²) in [4.78, 5) is 34.9. The molecular formula is C27H25ClN6O5S. The van der Waals surface area contributed by atoms with E-state index in [0.717, 1.165) is 11.8 Å². The summed E-state index contributed by atoms with van der Waals surface area (Å²) in [6.45, 7) is 5.39. The van der Waals surface area contributed by atoms with Crippen molar-refractivity contribution in [3.8, 4) is 11.5 Å². The lowest BCUT2D eigenvalue weighted by atomic mass is 9.99. The molecule has 5 aromatic rings. The molecule has 5 rings (SSSR count). The van der Waals surface area contributed by atoms with Gasteiger partial charge in [0.2, 0.25) is 10.0 Å². The van der Waals surface area contributed by atoms with Gasteiger partial charge in [-0.25, -0.2) is 23.1 Å². The third kappa shape index (κ3) is 5.27. The van der Waals surface area contributed by atoms with Crippen molar-refractivity contribution in [3.05, 3.63) is 80.4 Å². The van der Waals surface area contributed by atoms with Gasteiger partial charge in [-0.3, -0.25) is 14.3 Å². The zero-order valence-corrected chi connectivity index (χ0v) is 23.8. The van der Waals surface area contributed by atoms with E-state index in [1.54, 1.807) is 37.0 Å². The molecule has 206 valence electrons. The SMILES string of the molecule is Cc1cc([C@@H](C)Nc2ccc(Cl)nc2C(=O)NS(C)(=O)=O)c2oc(-c3ccc4nn(C)cc4n3)c(C)c(=O)c2c1. The van der Waals surface area contributed by atoms with E-state index >= 15 is 0 Å². The van der Waals surface area contributed by atoms with Crippen LogP contribution in [0, 0.1) is 13.8 Å². The average Bonchev–Trinajstić information content (AvgIpc) is 3.25. The molecule has 13 heteroatoms. The number of nitrogens with zero attached hydrogens (tertiary/aromatic N) is 4. The Balaban J connectivity index is 1.62. The Labute approximate surface area is 234 Å². The minimum Gasteiger partial charge on any atom is -0.454 e. The predicted octanol–water partition coefficient (Wildman–Crippen LogP) is 4.27. The van der Waals surface area contributed by atoms with Crippen molar-refractivity contribution in [2.75, 3.05) is 11.6 Å². The van der Waals surface area contributed by atoms with Gasteiger partial charge in [0, 0.05) is 18.2 Å². The minimum absolute atomic E-state index is 0.0158. The number of amides is 1. The summed E-state index contributed by atoms with van der Waals surface area (Å²) in [6.07, 6.45) is 2.65. The van der Waals surface area contributed by atoms with Crippen molar-refractivity contribution in [3.63, 3.8) is 0 Å². The lowest BCUT2D eigenvalue weighted by Gasteiger charge is -2.20. The first kappa shape index (κ1) is 27.3. The number of carbonyl (C=O) groups excluding carboxylic acids is 1. The van der Waals surface area contributed by atoms with E-state index in [9.17, 15) is 18.0 Å². The summed E-state index contributed by atoms with van der Waals surface area (Å²) in [6, 6.07) is 9.71. The Morgan fingerprint density at radius 1 is 1.10 bits per heavy atom. The maximum absolute atomic E-state index is 13.5. The van der Waals surface area contributed by atoms with Gasteiger partial charge in [-0.05, 0) is 56.7 Å². The zero-order valence-electron chi connectivity index (χ0n) is 22.2. The molecule has 0 aliphatic carbocycles. The normalized spacial score (nSPS) is 12.6. The Kier molecular flexibility index (Phi) is 6.84. The summed E-state index contributed by atoms with van der Waals surface area (Å²) in [5.41, 5.74) is 3.96. The van der Waals surface area contributed by atoms with Crippen molar-refractivity contribution >= 4 is 55.2 Å². The second-order valence-corrected chi connectivity index (χ2v) is 11.8. The van der Waals surface area contributed by atoms with Crippen LogP contribution >= 0.6 is 11.6 Å². The van der Waals surface area contributed by atoms with Crippen LogP contribution in [0.2, 0.25) is 5.15 Å². The molecule has 0 aliphatic heterocycles. The largest absolute Gasteiger partial charge is 0.454 e. The summed E-state index contributed by atoms with van der Waals surface area (Å²) >= 11 is 6.00. The minimum atomic E-state index is -3.84. The van der Waals surface area contributed by atoms with Crippen molar-refractivity contribution in [2.24, 2.45) is 7.05 Å². The number of hydrogen-bond donors (Lipinski definition) is 2. The summed E-state index contributed by atoms with van der Waals surface area (Å²) in [5.74, 6) is -0.600. The molecule has 1 aromatic carbocycles. The van der Waals surface area contributed by atoms with Crippen molar-refractivity contribution in [2.45, 2.75) is 26.8 Å². The van der Waals surface area contributed by atoms with E-state index in [4.69, 9.17) is 16.0 Å². The molecular weight excluding hydrogens is 556 g/mol. The van der Waals surface area contributed by atoms with Gasteiger partial charge in [0.05, 0.1) is 29.6 Å². The molecule has 0 radical (unpaired) electrons. The molecule has 0 saturated heterocycles. The van der Waals surface area contributed by atoms with Crippen molar-refractivity contribution in [1.29, 1.82) is 0 Å². The Bertz CT molecular complexity index is 2000. The van der Waals surface area contributed by atoms with Crippen LogP contribution in [0.25, 0.3) is 33.5 Å². The van der Waals surface area contributed by atoms with Gasteiger partial charge >= 0.3 is 0 Å². The molecule has 0 aliphatic rings. The van der Waals surface area contributed by atoms with Gasteiger partial charge in [-0.1, -0.05) is 17.7 Å². The first-order valence-corrected chi connectivity index (χ1v) is 14.4. The topological polar surface area (TPSA) is 149 Å². The quantitative estimate of drug-likeness (QED) is 0.281. The number of aryl methyl sites for hydroxylation is 2. The average molecular weight is 581 g/mol. The second-order valence-electron chi connectivity index (χ2n) is 9.62. The van der Waals surface area contributed by atoms with Crippen LogP contribution in [0.5, 0.6) is 0 Å². The van der Waals surface area contributed by atoms with E-state index in [2.05, 4.69) is 20.4 Å². The van der Waals surface area contributed by atoms with Gasteiger partial charge in [-0.15, -0.1) is 0 Å². The number of aromatic nitrogens is 4. The van der Waals surface area contributed by atoms with Gasteiger partial charge < -0.3 is 9.73 Å². The van der Waals surface area contributed by atoms with Gasteiger partial charge in [-0.2, -0.15) is 5.10 Å². The number of halogens is 1. The fourth-order valence-corrected chi connectivity index (χ4v) is 5.12. The van der Waals surface area contributed by atoms with E-state index in [-0.39, 0.29) is 22.0 Å². The van der Waals surface area contributed by atoms with E-state index < -0.39 is 22.0 Å². The summed E-state index contributed by atoms with van der Waals surface area (Å²) in [7, 11) is -2.04. The fraction of sp³-hybridized carbons (Fsp3) is 0.222. The number of fused-ring (bicyclic) bond motifs is 2. The summed E-state index contributed by atoms with van der Waals surface area (Å²) in [5, 5.41) is 7.96. The molecule has 11 nitrogen and oxygen atoms in total. The molecule has 4 heterocycles. The zero-order chi connectivity index (χ0) is 28.9. The van der Waals surface area contributed by atoms with Crippen molar-refractivity contribution < 1.29 is 17.6 Å². The molecule has 40 heavy (non-hydrogen) atoms. The molecule has 2 N–H and O–H groups in total. The maximum Gasteiger partial charge on any atom is 0.285 e. The van der Waals surface area contributed by atoms with Gasteiger partial charge in [0.25, 0.3) is 5.91 Å². The van der Waals surface area contributed by atoms with E-state index in [0.29, 0.717) is 44.6 Å². The van der Waals surface area contributed by atoms with Crippen LogP contribution in [0.15, 0.2) is 51.8 Å². The highest BCUT2D eigenvalue weighted by molar-refractivity contribution is 7.89. The number of anilines is 1. The maximum atomic E-state index is 13.5. The Morgan fingerprint density at radius 3 is 2.58 bits per heavy atom. The number of carbonyl (C=O) groups is 1. The standard InChI is InChI=1S/C27H25ClN6O5S/c1-13-10-16(15(3)29-19-8-9-22(28)31-23(19)27(36)33-40(5,37)38)26-17(11-13)24(35)14(2)25(39-26)20-7-6-18-21(30-20)12-34(4)32-18/h6-12,15,29H,1-5H3,(H,33,36)/t15-/m1/s1. The first-order valence-electron chi connectivity index (χ1n) is 12.1. The third-order valence-electron chi connectivity index (χ3n) is 6.29. The highest BCUT2D eigenvalue weighted by Gasteiger charge is 2.23. The number of pyridine rings is 2. The molecule has 1 amide bonds. The highest BCUT2D eigenvalue weighted by atomic mass is 35.5. The van der Waals surface area contributed by atoms with Crippen molar-refractivity contribution in [1.82, 2.24) is 24.5 Å². The van der Waals surface area contributed by atoms with E-state index in [1.807, 2.05) is 30.7 Å². The monoisotopic (exact) mass is 580 g/mol. The molecule has 0 fully saturated rings. The third-order valence-corrected chi connectivity index (χ3v) is 7.06. The van der Waals surface area contributed by atoms with Crippen LogP contribution in [0.4, 0.5) is 5.69 Å². The summed E-state index contributed by atoms with van der Waals surface area (Å²) < 4.78 is 33.3.